The van der Waals surface area contributed by atoms with Crippen molar-refractivity contribution in [1.29, 1.82) is 0 Å². The van der Waals surface area contributed by atoms with Crippen molar-refractivity contribution >= 4 is 11.8 Å². The zero-order chi connectivity index (χ0) is 11.1. The number of nitrogens with two attached hydrogens (primary N) is 1. The van der Waals surface area contributed by atoms with Crippen LogP contribution in [0.15, 0.2) is 0 Å². The minimum absolute atomic E-state index is 0.117. The van der Waals surface area contributed by atoms with Gasteiger partial charge in [0.15, 0.2) is 0 Å². The lowest BCUT2D eigenvalue weighted by Crippen LogP contribution is -2.35. The van der Waals surface area contributed by atoms with E-state index in [2.05, 4.69) is 0 Å². The molecule has 1 unspecified atom stereocenters. The van der Waals surface area contributed by atoms with E-state index >= 15 is 0 Å². The average Bonchev–Trinajstić information content (AvgIpc) is 2.11. The van der Waals surface area contributed by atoms with E-state index in [0.29, 0.717) is 12.8 Å². The number of carboxylic acid groups (broad SMARTS) is 1. The minimum atomic E-state index is -1.12. The molecule has 14 heavy (non-hydrogen) atoms. The third-order valence-electron chi connectivity index (χ3n) is 1.98. The lowest BCUT2D eigenvalue weighted by molar-refractivity contribution is -0.142. The molecule has 0 rings (SSSR count). The summed E-state index contributed by atoms with van der Waals surface area (Å²) >= 11 is 0. The van der Waals surface area contributed by atoms with Gasteiger partial charge >= 0.3 is 5.97 Å². The first-order chi connectivity index (χ1) is 6.49. The first-order valence-corrected chi connectivity index (χ1v) is 4.37. The van der Waals surface area contributed by atoms with Gasteiger partial charge in [-0.2, -0.15) is 5.48 Å². The van der Waals surface area contributed by atoms with Crippen molar-refractivity contribution in [2.24, 2.45) is 5.73 Å². The van der Waals surface area contributed by atoms with Gasteiger partial charge in [-0.25, -0.2) is 0 Å². The molecular weight excluding hydrogens is 188 g/mol. The van der Waals surface area contributed by atoms with Crippen molar-refractivity contribution in [1.82, 2.24) is 5.48 Å². The van der Waals surface area contributed by atoms with Gasteiger partial charge in [0.05, 0.1) is 6.04 Å². The van der Waals surface area contributed by atoms with Gasteiger partial charge in [-0.3, -0.25) is 9.59 Å². The maximum Gasteiger partial charge on any atom is 0.323 e. The fourth-order valence-electron chi connectivity index (χ4n) is 0.988. The Bertz CT molecular complexity index is 208. The summed E-state index contributed by atoms with van der Waals surface area (Å²) in [6.07, 6.45) is 1.15. The molecule has 0 amide bonds. The number of Topliss-reactive ketones (excluding diaryl/α,β-unsaturated/α-hetero) is 1. The van der Waals surface area contributed by atoms with Crippen LogP contribution in [0.3, 0.4) is 0 Å². The lowest BCUT2D eigenvalue weighted by atomic mass is 10.0. The molecule has 0 radical (unpaired) electrons. The largest absolute Gasteiger partial charge is 0.480 e. The zero-order valence-corrected chi connectivity index (χ0v) is 8.06. The second-order valence-corrected chi connectivity index (χ2v) is 3.17. The number of hydrogen-bond acceptors (Lipinski definition) is 5. The number of carbonyl (C=O) groups excluding carboxylic acids is 1. The summed E-state index contributed by atoms with van der Waals surface area (Å²) in [5.41, 5.74) is 7.12. The highest BCUT2D eigenvalue weighted by molar-refractivity contribution is 5.81. The predicted octanol–water partition coefficient (Wildman–Crippen LogP) is -0.495. The number of rotatable bonds is 7. The molecule has 0 saturated heterocycles. The van der Waals surface area contributed by atoms with Crippen LogP contribution < -0.4 is 11.2 Å². The summed E-state index contributed by atoms with van der Waals surface area (Å²) in [7, 11) is 0. The molecular formula is C8H16N2O4. The second-order valence-electron chi connectivity index (χ2n) is 3.17. The maximum atomic E-state index is 10.7. The van der Waals surface area contributed by atoms with Gasteiger partial charge < -0.3 is 16.0 Å². The Morgan fingerprint density at radius 2 is 2.00 bits per heavy atom. The maximum absolute atomic E-state index is 10.7. The van der Waals surface area contributed by atoms with Gasteiger partial charge in [-0.05, 0) is 26.2 Å². The van der Waals surface area contributed by atoms with Crippen molar-refractivity contribution in [2.75, 3.05) is 0 Å². The Kier molecular flexibility index (Phi) is 6.02. The van der Waals surface area contributed by atoms with Crippen LogP contribution in [0.2, 0.25) is 0 Å². The summed E-state index contributed by atoms with van der Waals surface area (Å²) in [4.78, 5) is 21.1. The molecule has 0 aromatic heterocycles. The predicted molar refractivity (Wildman–Crippen MR) is 48.9 cm³/mol. The monoisotopic (exact) mass is 204 g/mol. The molecule has 0 bridgehead atoms. The van der Waals surface area contributed by atoms with E-state index in [-0.39, 0.29) is 12.2 Å². The molecule has 82 valence electrons. The average molecular weight is 204 g/mol. The molecule has 0 aromatic carbocycles. The highest BCUT2D eigenvalue weighted by atomic mass is 16.5. The van der Waals surface area contributed by atoms with Gasteiger partial charge in [0.2, 0.25) is 0 Å². The zero-order valence-electron chi connectivity index (χ0n) is 8.06. The topological polar surface area (TPSA) is 113 Å². The fraction of sp³-hybridized carbons (Fsp3) is 0.750. The summed E-state index contributed by atoms with van der Waals surface area (Å²) in [5.74, 6) is -1.24. The Morgan fingerprint density at radius 3 is 2.36 bits per heavy atom. The third-order valence-corrected chi connectivity index (χ3v) is 1.98. The van der Waals surface area contributed by atoms with Gasteiger partial charge in [0, 0.05) is 0 Å². The summed E-state index contributed by atoms with van der Waals surface area (Å²) in [5, 5.41) is 17.0. The normalized spacial score (nSPS) is 14.8. The number of aliphatic carboxylic acids is 1. The van der Waals surface area contributed by atoms with Crippen molar-refractivity contribution in [3.8, 4) is 0 Å². The molecule has 0 saturated carbocycles. The number of ketones is 1. The van der Waals surface area contributed by atoms with E-state index in [0.717, 1.165) is 0 Å². The highest BCUT2D eigenvalue weighted by Crippen LogP contribution is 2.03. The third kappa shape index (κ3) is 4.90. The van der Waals surface area contributed by atoms with E-state index in [9.17, 15) is 9.59 Å². The van der Waals surface area contributed by atoms with E-state index in [1.54, 1.807) is 5.48 Å². The van der Waals surface area contributed by atoms with E-state index in [4.69, 9.17) is 16.0 Å². The Labute approximate surface area is 82.0 Å². The van der Waals surface area contributed by atoms with Crippen molar-refractivity contribution in [2.45, 2.75) is 38.3 Å². The minimum Gasteiger partial charge on any atom is -0.480 e. The summed E-state index contributed by atoms with van der Waals surface area (Å²) in [6, 6.07) is -1.53. The Hall–Kier alpha value is -0.980. The molecule has 5 N–H and O–H groups in total. The smallest absolute Gasteiger partial charge is 0.323 e. The molecule has 6 nitrogen and oxygen atoms in total. The van der Waals surface area contributed by atoms with E-state index < -0.39 is 18.1 Å². The van der Waals surface area contributed by atoms with Gasteiger partial charge in [-0.15, -0.1) is 0 Å². The van der Waals surface area contributed by atoms with Crippen LogP contribution in [0.25, 0.3) is 0 Å². The molecule has 2 atom stereocenters. The molecule has 0 heterocycles. The van der Waals surface area contributed by atoms with Crippen LogP contribution in [-0.2, 0) is 9.59 Å². The van der Waals surface area contributed by atoms with E-state index in [1.807, 2.05) is 0 Å². The fourth-order valence-corrected chi connectivity index (χ4v) is 0.988. The molecule has 0 aliphatic heterocycles. The summed E-state index contributed by atoms with van der Waals surface area (Å²) in [6.45, 7) is 1.39. The number of hydroxylamine groups is 1. The van der Waals surface area contributed by atoms with Crippen LogP contribution >= 0.6 is 0 Å². The second kappa shape index (κ2) is 6.47. The van der Waals surface area contributed by atoms with Crippen molar-refractivity contribution < 1.29 is 19.9 Å². The van der Waals surface area contributed by atoms with Gasteiger partial charge in [-0.1, -0.05) is 0 Å². The van der Waals surface area contributed by atoms with Crippen LogP contribution in [0.4, 0.5) is 0 Å². The van der Waals surface area contributed by atoms with Gasteiger partial charge in [0.1, 0.15) is 11.8 Å². The van der Waals surface area contributed by atoms with Crippen molar-refractivity contribution in [3.05, 3.63) is 0 Å². The van der Waals surface area contributed by atoms with Crippen LogP contribution in [-0.4, -0.2) is 34.2 Å². The molecule has 0 aromatic rings. The van der Waals surface area contributed by atoms with E-state index in [1.165, 1.54) is 6.92 Å². The molecule has 0 aliphatic carbocycles. The molecule has 0 spiro atoms. The lowest BCUT2D eigenvalue weighted by Gasteiger charge is -2.11. The first-order valence-electron chi connectivity index (χ1n) is 4.37. The number of carbonyl (C=O) groups is 2. The van der Waals surface area contributed by atoms with Crippen LogP contribution in [0.5, 0.6) is 0 Å². The first kappa shape index (κ1) is 13.0. The molecule has 0 fully saturated rings. The SMILES string of the molecule is CC(=O)C(N)CCC[C@H](NO)C(=O)O. The summed E-state index contributed by atoms with van der Waals surface area (Å²) < 4.78 is 0. The Morgan fingerprint density at radius 1 is 1.43 bits per heavy atom. The highest BCUT2D eigenvalue weighted by Gasteiger charge is 2.16. The molecule has 6 heteroatoms. The van der Waals surface area contributed by atoms with Gasteiger partial charge in [0.25, 0.3) is 0 Å². The number of carboxylic acids is 1. The Balaban J connectivity index is 3.71. The van der Waals surface area contributed by atoms with Crippen LogP contribution in [0.1, 0.15) is 26.2 Å². The van der Waals surface area contributed by atoms with Crippen LogP contribution in [0, 0.1) is 0 Å². The van der Waals surface area contributed by atoms with Crippen molar-refractivity contribution in [3.63, 3.8) is 0 Å². The number of hydrogen-bond donors (Lipinski definition) is 4. The molecule has 0 aliphatic rings. The standard InChI is InChI=1S/C8H16N2O4/c1-5(11)6(9)3-2-4-7(10-14)8(12)13/h6-7,10,14H,2-4,9H2,1H3,(H,12,13)/t6?,7-/m0/s1. The quantitative estimate of drug-likeness (QED) is 0.416. The number of nitrogens with one attached hydrogen (secondary N) is 1.